The van der Waals surface area contributed by atoms with Crippen molar-refractivity contribution in [2.45, 2.75) is 13.3 Å². The maximum atomic E-state index is 11.9. The fourth-order valence-electron chi connectivity index (χ4n) is 2.52. The van der Waals surface area contributed by atoms with Gasteiger partial charge in [0.05, 0.1) is 12.1 Å². The van der Waals surface area contributed by atoms with Crippen molar-refractivity contribution in [3.05, 3.63) is 28.6 Å². The number of amides is 1. The molecule has 1 aliphatic heterocycles. The van der Waals surface area contributed by atoms with Gasteiger partial charge in [-0.1, -0.05) is 6.07 Å². The first-order valence-corrected chi connectivity index (χ1v) is 8.79. The molecule has 0 unspecified atom stereocenters. The summed E-state index contributed by atoms with van der Waals surface area (Å²) in [5, 5.41) is 0.470. The highest BCUT2D eigenvalue weighted by atomic mass is 32.2. The number of rotatable bonds is 3. The first-order valence-electron chi connectivity index (χ1n) is 6.36. The number of hydrogen-bond donors (Lipinski definition) is 2. The number of carbonyl (C=O) groups is 1. The molecule has 116 valence electrons. The van der Waals surface area contributed by atoms with E-state index in [9.17, 15) is 13.2 Å². The lowest BCUT2D eigenvalue weighted by molar-refractivity contribution is -0.117. The quantitative estimate of drug-likeness (QED) is 0.818. The largest absolute Gasteiger partial charge is 0.375 e. The van der Waals surface area contributed by atoms with Crippen LogP contribution in [0.3, 0.4) is 0 Å². The Bertz CT molecular complexity index is 873. The van der Waals surface area contributed by atoms with Crippen LogP contribution in [-0.2, 0) is 21.3 Å². The van der Waals surface area contributed by atoms with Crippen LogP contribution < -0.4 is 10.6 Å². The summed E-state index contributed by atoms with van der Waals surface area (Å²) in [5.74, 6) is -1.10. The average Bonchev–Trinajstić information content (AvgIpc) is 2.88. The highest BCUT2D eigenvalue weighted by Crippen LogP contribution is 2.35. The molecule has 0 saturated carbocycles. The minimum absolute atomic E-state index is 0.0946. The number of anilines is 2. The van der Waals surface area contributed by atoms with Crippen LogP contribution in [0.25, 0.3) is 11.3 Å². The van der Waals surface area contributed by atoms with E-state index in [0.717, 1.165) is 21.0 Å². The molecule has 3 rings (SSSR count). The topological polar surface area (TPSA) is 114 Å². The van der Waals surface area contributed by atoms with Gasteiger partial charge in [-0.25, -0.2) is 4.98 Å². The molecule has 22 heavy (non-hydrogen) atoms. The van der Waals surface area contributed by atoms with Gasteiger partial charge in [0.25, 0.3) is 10.1 Å². The number of nitrogens with two attached hydrogens (primary N) is 1. The van der Waals surface area contributed by atoms with Gasteiger partial charge in [-0.15, -0.1) is 11.3 Å². The van der Waals surface area contributed by atoms with Gasteiger partial charge in [0.15, 0.2) is 11.0 Å². The molecule has 0 spiro atoms. The van der Waals surface area contributed by atoms with Crippen LogP contribution in [0.15, 0.2) is 18.2 Å². The molecule has 0 radical (unpaired) electrons. The van der Waals surface area contributed by atoms with Crippen molar-refractivity contribution in [1.29, 1.82) is 0 Å². The second-order valence-corrected chi connectivity index (χ2v) is 7.67. The zero-order valence-electron chi connectivity index (χ0n) is 11.6. The number of fused-ring (bicyclic) bond motifs is 1. The minimum Gasteiger partial charge on any atom is -0.375 e. The third kappa shape index (κ3) is 2.70. The predicted molar refractivity (Wildman–Crippen MR) is 84.3 cm³/mol. The highest BCUT2D eigenvalue weighted by molar-refractivity contribution is 7.85. The first kappa shape index (κ1) is 14.9. The second-order valence-electron chi connectivity index (χ2n) is 5.01. The molecular formula is C13H13N3O4S2. The lowest BCUT2D eigenvalue weighted by atomic mass is 10.1. The Labute approximate surface area is 131 Å². The SMILES string of the molecule is Cc1sc(N)nc1-c1ccc2c(c1)CC(=O)N2CS(=O)(=O)O. The normalized spacial score (nSPS) is 14.5. The summed E-state index contributed by atoms with van der Waals surface area (Å²) in [5.41, 5.74) is 8.47. The highest BCUT2D eigenvalue weighted by Gasteiger charge is 2.30. The van der Waals surface area contributed by atoms with Crippen molar-refractivity contribution in [2.24, 2.45) is 0 Å². The minimum atomic E-state index is -4.27. The van der Waals surface area contributed by atoms with E-state index < -0.39 is 16.0 Å². The van der Waals surface area contributed by atoms with E-state index in [4.69, 9.17) is 10.3 Å². The van der Waals surface area contributed by atoms with Gasteiger partial charge in [0, 0.05) is 16.1 Å². The van der Waals surface area contributed by atoms with Gasteiger partial charge in [-0.2, -0.15) is 8.42 Å². The summed E-state index contributed by atoms with van der Waals surface area (Å²) >= 11 is 1.38. The lowest BCUT2D eigenvalue weighted by Gasteiger charge is -2.15. The molecule has 3 N–H and O–H groups in total. The zero-order chi connectivity index (χ0) is 16.1. The fourth-order valence-corrected chi connectivity index (χ4v) is 3.84. The molecular weight excluding hydrogens is 326 g/mol. The summed E-state index contributed by atoms with van der Waals surface area (Å²) in [7, 11) is -4.27. The molecule has 0 fully saturated rings. The van der Waals surface area contributed by atoms with E-state index in [1.54, 1.807) is 18.2 Å². The van der Waals surface area contributed by atoms with E-state index in [2.05, 4.69) is 4.98 Å². The average molecular weight is 339 g/mol. The lowest BCUT2D eigenvalue weighted by Crippen LogP contribution is -2.32. The Kier molecular flexibility index (Phi) is 3.42. The number of benzene rings is 1. The summed E-state index contributed by atoms with van der Waals surface area (Å²) in [6.45, 7) is 1.91. The van der Waals surface area contributed by atoms with Gasteiger partial charge in [0.2, 0.25) is 5.91 Å². The van der Waals surface area contributed by atoms with Crippen LogP contribution in [0.1, 0.15) is 10.4 Å². The number of aryl methyl sites for hydroxylation is 1. The molecule has 1 aromatic carbocycles. The predicted octanol–water partition coefficient (Wildman–Crippen LogP) is 1.44. The molecule has 1 aromatic heterocycles. The maximum absolute atomic E-state index is 11.9. The first-order chi connectivity index (χ1) is 10.2. The second kappa shape index (κ2) is 5.04. The van der Waals surface area contributed by atoms with Crippen LogP contribution in [-0.4, -0.2) is 29.7 Å². The summed E-state index contributed by atoms with van der Waals surface area (Å²) in [6.07, 6.45) is 0.0946. The molecule has 1 aliphatic rings. The van der Waals surface area contributed by atoms with Crippen molar-refractivity contribution in [3.63, 3.8) is 0 Å². The van der Waals surface area contributed by atoms with Crippen LogP contribution in [0.5, 0.6) is 0 Å². The molecule has 0 aliphatic carbocycles. The van der Waals surface area contributed by atoms with Crippen molar-refractivity contribution in [1.82, 2.24) is 4.98 Å². The van der Waals surface area contributed by atoms with E-state index in [1.165, 1.54) is 11.3 Å². The van der Waals surface area contributed by atoms with Crippen molar-refractivity contribution < 1.29 is 17.8 Å². The zero-order valence-corrected chi connectivity index (χ0v) is 13.2. The number of carbonyl (C=O) groups excluding carboxylic acids is 1. The summed E-state index contributed by atoms with van der Waals surface area (Å²) in [6, 6.07) is 5.23. The Balaban J connectivity index is 2.01. The van der Waals surface area contributed by atoms with Gasteiger partial charge >= 0.3 is 0 Å². The Morgan fingerprint density at radius 1 is 1.45 bits per heavy atom. The van der Waals surface area contributed by atoms with Crippen molar-refractivity contribution in [3.8, 4) is 11.3 Å². The van der Waals surface area contributed by atoms with Crippen molar-refractivity contribution in [2.75, 3.05) is 16.5 Å². The standard InChI is InChI=1S/C13H13N3O4S2/c1-7-12(15-13(14)21-7)8-2-3-10-9(4-8)5-11(17)16(10)6-22(18,19)20/h2-4H,5-6H2,1H3,(H2,14,15)(H,18,19,20). The Morgan fingerprint density at radius 3 is 2.77 bits per heavy atom. The van der Waals surface area contributed by atoms with Gasteiger partial charge in [-0.3, -0.25) is 14.2 Å². The molecule has 2 aromatic rings. The fraction of sp³-hybridized carbons (Fsp3) is 0.231. The Morgan fingerprint density at radius 2 is 2.18 bits per heavy atom. The summed E-state index contributed by atoms with van der Waals surface area (Å²) in [4.78, 5) is 18.2. The number of hydrogen-bond acceptors (Lipinski definition) is 6. The van der Waals surface area contributed by atoms with Crippen LogP contribution in [0, 0.1) is 6.92 Å². The molecule has 7 nitrogen and oxygen atoms in total. The van der Waals surface area contributed by atoms with E-state index >= 15 is 0 Å². The Hall–Kier alpha value is -1.97. The van der Waals surface area contributed by atoms with E-state index in [0.29, 0.717) is 16.4 Å². The maximum Gasteiger partial charge on any atom is 0.283 e. The van der Waals surface area contributed by atoms with Crippen LogP contribution in [0.4, 0.5) is 10.8 Å². The van der Waals surface area contributed by atoms with Gasteiger partial charge in [-0.05, 0) is 24.6 Å². The third-order valence-electron chi connectivity index (χ3n) is 3.39. The monoisotopic (exact) mass is 339 g/mol. The molecule has 9 heteroatoms. The van der Waals surface area contributed by atoms with Gasteiger partial charge in [0.1, 0.15) is 0 Å². The number of aromatic nitrogens is 1. The smallest absolute Gasteiger partial charge is 0.283 e. The van der Waals surface area contributed by atoms with E-state index in [1.807, 2.05) is 6.92 Å². The van der Waals surface area contributed by atoms with Crippen LogP contribution in [0.2, 0.25) is 0 Å². The summed E-state index contributed by atoms with van der Waals surface area (Å²) < 4.78 is 31.0. The third-order valence-corrected chi connectivity index (χ3v) is 4.78. The number of thiazole rings is 1. The molecule has 0 atom stereocenters. The number of nitrogen functional groups attached to an aromatic ring is 1. The van der Waals surface area contributed by atoms with E-state index in [-0.39, 0.29) is 12.3 Å². The molecule has 2 heterocycles. The molecule has 0 bridgehead atoms. The van der Waals surface area contributed by atoms with Crippen LogP contribution >= 0.6 is 11.3 Å². The molecule has 1 amide bonds. The number of nitrogens with zero attached hydrogens (tertiary/aromatic N) is 2. The molecule has 0 saturated heterocycles. The van der Waals surface area contributed by atoms with Crippen molar-refractivity contribution >= 4 is 38.2 Å². The van der Waals surface area contributed by atoms with Gasteiger partial charge < -0.3 is 5.73 Å².